The topological polar surface area (TPSA) is 118 Å². The number of rotatable bonds is 7. The second-order valence-electron chi connectivity index (χ2n) is 4.12. The van der Waals surface area contributed by atoms with E-state index in [1.165, 1.54) is 24.3 Å². The normalized spacial score (nSPS) is 11.5. The van der Waals surface area contributed by atoms with Crippen molar-refractivity contribution in [3.63, 3.8) is 0 Å². The van der Waals surface area contributed by atoms with Gasteiger partial charge in [-0.05, 0) is 30.7 Å². The van der Waals surface area contributed by atoms with Crippen LogP contribution in [0.15, 0.2) is 29.2 Å². The Morgan fingerprint density at radius 1 is 1.25 bits per heavy atom. The van der Waals surface area contributed by atoms with E-state index < -0.39 is 28.4 Å². The Labute approximate surface area is 117 Å². The van der Waals surface area contributed by atoms with Gasteiger partial charge in [-0.15, -0.1) is 0 Å². The summed E-state index contributed by atoms with van der Waals surface area (Å²) in [6.45, 7) is 1.25. The maximum absolute atomic E-state index is 12.3. The predicted molar refractivity (Wildman–Crippen MR) is 71.6 cm³/mol. The van der Waals surface area contributed by atoms with Crippen molar-refractivity contribution in [3.05, 3.63) is 29.8 Å². The predicted octanol–water partition coefficient (Wildman–Crippen LogP) is 0.271. The molecular weight excluding hydrogens is 284 g/mol. The van der Waals surface area contributed by atoms with Gasteiger partial charge in [0.1, 0.15) is 6.54 Å². The van der Waals surface area contributed by atoms with Gasteiger partial charge in [-0.3, -0.25) is 9.59 Å². The number of sulfonamides is 1. The summed E-state index contributed by atoms with van der Waals surface area (Å²) in [5.41, 5.74) is 5.25. The van der Waals surface area contributed by atoms with E-state index in [0.29, 0.717) is 6.42 Å². The molecule has 3 N–H and O–H groups in total. The summed E-state index contributed by atoms with van der Waals surface area (Å²) in [4.78, 5) is 21.6. The van der Waals surface area contributed by atoms with Crippen LogP contribution in [0.5, 0.6) is 0 Å². The van der Waals surface area contributed by atoms with Crippen LogP contribution in [-0.4, -0.2) is 42.8 Å². The lowest BCUT2D eigenvalue weighted by Gasteiger charge is -2.19. The van der Waals surface area contributed by atoms with Crippen LogP contribution in [0.25, 0.3) is 0 Å². The van der Waals surface area contributed by atoms with E-state index in [4.69, 9.17) is 10.8 Å². The number of carboxylic acid groups (broad SMARTS) is 1. The summed E-state index contributed by atoms with van der Waals surface area (Å²) >= 11 is 0. The van der Waals surface area contributed by atoms with Crippen molar-refractivity contribution in [3.8, 4) is 0 Å². The molecule has 0 atom stereocenters. The molecule has 20 heavy (non-hydrogen) atoms. The molecule has 0 spiro atoms. The lowest BCUT2D eigenvalue weighted by Crippen LogP contribution is -2.36. The molecule has 0 aliphatic carbocycles. The van der Waals surface area contributed by atoms with Crippen LogP contribution in [0.2, 0.25) is 0 Å². The minimum Gasteiger partial charge on any atom is -0.480 e. The van der Waals surface area contributed by atoms with Crippen molar-refractivity contribution in [1.82, 2.24) is 4.31 Å². The number of hydrogen-bond acceptors (Lipinski definition) is 4. The van der Waals surface area contributed by atoms with Crippen LogP contribution < -0.4 is 5.73 Å². The lowest BCUT2D eigenvalue weighted by molar-refractivity contribution is -0.137. The fourth-order valence-electron chi connectivity index (χ4n) is 1.62. The number of nitrogens with two attached hydrogens (primary N) is 1. The van der Waals surface area contributed by atoms with E-state index in [0.717, 1.165) is 4.31 Å². The Morgan fingerprint density at radius 2 is 1.80 bits per heavy atom. The number of carbonyl (C=O) groups is 2. The Balaban J connectivity index is 3.11. The zero-order chi connectivity index (χ0) is 15.3. The Kier molecular flexibility index (Phi) is 5.23. The van der Waals surface area contributed by atoms with Crippen LogP contribution >= 0.6 is 0 Å². The third-order valence-corrected chi connectivity index (χ3v) is 4.42. The smallest absolute Gasteiger partial charge is 0.318 e. The highest BCUT2D eigenvalue weighted by molar-refractivity contribution is 7.89. The number of carboxylic acids is 1. The molecule has 7 nitrogen and oxygen atoms in total. The lowest BCUT2D eigenvalue weighted by atomic mass is 10.2. The average molecular weight is 300 g/mol. The average Bonchev–Trinajstić information content (AvgIpc) is 2.37. The first-order valence-electron chi connectivity index (χ1n) is 5.91. The van der Waals surface area contributed by atoms with Gasteiger partial charge in [0.2, 0.25) is 15.9 Å². The standard InChI is InChI=1S/C12H16N2O5S/c1-2-7-14(8-11(15)16)20(18,19)10-5-3-9(4-6-10)12(13)17/h3-6H,2,7-8H2,1H3,(H2,13,17)(H,15,16). The molecule has 0 bridgehead atoms. The summed E-state index contributed by atoms with van der Waals surface area (Å²) in [5.74, 6) is -1.89. The second kappa shape index (κ2) is 6.49. The van der Waals surface area contributed by atoms with Gasteiger partial charge in [-0.25, -0.2) is 8.42 Å². The van der Waals surface area contributed by atoms with Crippen molar-refractivity contribution in [2.75, 3.05) is 13.1 Å². The number of aliphatic carboxylic acids is 1. The van der Waals surface area contributed by atoms with E-state index in [9.17, 15) is 18.0 Å². The molecule has 0 saturated carbocycles. The number of carbonyl (C=O) groups excluding carboxylic acids is 1. The first-order valence-corrected chi connectivity index (χ1v) is 7.35. The Bertz CT molecular complexity index is 595. The minimum absolute atomic E-state index is 0.0720. The monoisotopic (exact) mass is 300 g/mol. The van der Waals surface area contributed by atoms with E-state index in [2.05, 4.69) is 0 Å². The summed E-state index contributed by atoms with van der Waals surface area (Å²) in [7, 11) is -3.90. The van der Waals surface area contributed by atoms with E-state index in [1.807, 2.05) is 0 Å². The first-order chi connectivity index (χ1) is 9.28. The molecule has 0 heterocycles. The summed E-state index contributed by atoms with van der Waals surface area (Å²) in [5, 5.41) is 8.77. The third kappa shape index (κ3) is 3.78. The molecule has 0 radical (unpaired) electrons. The number of amides is 1. The Morgan fingerprint density at radius 3 is 2.20 bits per heavy atom. The van der Waals surface area contributed by atoms with E-state index >= 15 is 0 Å². The number of primary amides is 1. The second-order valence-corrected chi connectivity index (χ2v) is 6.06. The Hall–Kier alpha value is -1.93. The van der Waals surface area contributed by atoms with Crippen molar-refractivity contribution in [2.24, 2.45) is 5.73 Å². The van der Waals surface area contributed by atoms with Gasteiger partial charge in [0.05, 0.1) is 4.90 Å². The molecule has 0 unspecified atom stereocenters. The van der Waals surface area contributed by atoms with Gasteiger partial charge in [0, 0.05) is 12.1 Å². The fourth-order valence-corrected chi connectivity index (χ4v) is 3.11. The molecule has 0 saturated heterocycles. The number of nitrogens with zero attached hydrogens (tertiary/aromatic N) is 1. The fraction of sp³-hybridized carbons (Fsp3) is 0.333. The molecule has 1 aromatic carbocycles. The van der Waals surface area contributed by atoms with Crippen molar-refractivity contribution < 1.29 is 23.1 Å². The maximum Gasteiger partial charge on any atom is 0.318 e. The number of hydrogen-bond donors (Lipinski definition) is 2. The molecule has 1 amide bonds. The molecule has 8 heteroatoms. The summed E-state index contributed by atoms with van der Waals surface area (Å²) in [6.07, 6.45) is 0.492. The number of benzene rings is 1. The molecule has 0 aliphatic heterocycles. The van der Waals surface area contributed by atoms with Crippen LogP contribution in [0.1, 0.15) is 23.7 Å². The van der Waals surface area contributed by atoms with Gasteiger partial charge in [-0.2, -0.15) is 4.31 Å². The van der Waals surface area contributed by atoms with E-state index in [-0.39, 0.29) is 17.0 Å². The molecule has 0 fully saturated rings. The van der Waals surface area contributed by atoms with Crippen molar-refractivity contribution in [2.45, 2.75) is 18.2 Å². The van der Waals surface area contributed by atoms with Gasteiger partial charge < -0.3 is 10.8 Å². The maximum atomic E-state index is 12.3. The first kappa shape index (κ1) is 16.1. The van der Waals surface area contributed by atoms with Crippen LogP contribution in [-0.2, 0) is 14.8 Å². The molecular formula is C12H16N2O5S. The summed E-state index contributed by atoms with van der Waals surface area (Å²) < 4.78 is 25.5. The van der Waals surface area contributed by atoms with Gasteiger partial charge in [0.15, 0.2) is 0 Å². The molecule has 1 rings (SSSR count). The molecule has 0 aromatic heterocycles. The van der Waals surface area contributed by atoms with Crippen LogP contribution in [0.4, 0.5) is 0 Å². The van der Waals surface area contributed by atoms with Crippen molar-refractivity contribution >= 4 is 21.9 Å². The highest BCUT2D eigenvalue weighted by atomic mass is 32.2. The summed E-state index contributed by atoms with van der Waals surface area (Å²) in [6, 6.07) is 5.06. The van der Waals surface area contributed by atoms with Gasteiger partial charge in [0.25, 0.3) is 0 Å². The third-order valence-electron chi connectivity index (χ3n) is 2.56. The SMILES string of the molecule is CCCN(CC(=O)O)S(=O)(=O)c1ccc(C(N)=O)cc1. The van der Waals surface area contributed by atoms with Gasteiger partial charge >= 0.3 is 5.97 Å². The quantitative estimate of drug-likeness (QED) is 0.749. The molecule has 1 aromatic rings. The molecule has 0 aliphatic rings. The van der Waals surface area contributed by atoms with Crippen LogP contribution in [0, 0.1) is 0 Å². The zero-order valence-corrected chi connectivity index (χ0v) is 11.8. The van der Waals surface area contributed by atoms with Crippen molar-refractivity contribution in [1.29, 1.82) is 0 Å². The minimum atomic E-state index is -3.90. The molecule has 110 valence electrons. The highest BCUT2D eigenvalue weighted by Gasteiger charge is 2.25. The zero-order valence-electron chi connectivity index (χ0n) is 10.9. The highest BCUT2D eigenvalue weighted by Crippen LogP contribution is 2.16. The van der Waals surface area contributed by atoms with Crippen LogP contribution in [0.3, 0.4) is 0 Å². The van der Waals surface area contributed by atoms with Gasteiger partial charge in [-0.1, -0.05) is 6.92 Å². The largest absolute Gasteiger partial charge is 0.480 e. The van der Waals surface area contributed by atoms with E-state index in [1.54, 1.807) is 6.92 Å².